The van der Waals surface area contributed by atoms with Gasteiger partial charge in [-0.25, -0.2) is 9.97 Å². The zero-order chi connectivity index (χ0) is 11.5. The molecule has 0 aliphatic heterocycles. The Hall–Kier alpha value is -1.73. The van der Waals surface area contributed by atoms with Gasteiger partial charge in [-0.15, -0.1) is 0 Å². The van der Waals surface area contributed by atoms with E-state index >= 15 is 0 Å². The topological polar surface area (TPSA) is 110 Å². The van der Waals surface area contributed by atoms with Gasteiger partial charge in [-0.05, 0) is 0 Å². The lowest BCUT2D eigenvalue weighted by Crippen LogP contribution is -2.18. The van der Waals surface area contributed by atoms with Crippen molar-refractivity contribution in [3.05, 3.63) is 12.5 Å². The van der Waals surface area contributed by atoms with E-state index in [-0.39, 0.29) is 25.1 Å². The Morgan fingerprint density at radius 1 is 1.31 bits per heavy atom. The summed E-state index contributed by atoms with van der Waals surface area (Å²) in [6, 6.07) is 0. The van der Waals surface area contributed by atoms with E-state index in [9.17, 15) is 0 Å². The molecule has 16 heavy (non-hydrogen) atoms. The number of aliphatic hydroxyl groups excluding tert-OH is 2. The van der Waals surface area contributed by atoms with E-state index < -0.39 is 0 Å². The molecule has 2 aromatic heterocycles. The highest BCUT2D eigenvalue weighted by molar-refractivity contribution is 5.70. The van der Waals surface area contributed by atoms with Crippen LogP contribution in [-0.4, -0.2) is 42.9 Å². The summed E-state index contributed by atoms with van der Waals surface area (Å²) in [6.07, 6.45) is 3.14. The Morgan fingerprint density at radius 3 is 2.75 bits per heavy atom. The molecule has 0 fully saturated rings. The number of nitrogens with zero attached hydrogens (tertiary/aromatic N) is 4. The van der Waals surface area contributed by atoms with Gasteiger partial charge in [0, 0.05) is 25.7 Å². The van der Waals surface area contributed by atoms with Gasteiger partial charge < -0.3 is 20.5 Å². The van der Waals surface area contributed by atoms with Crippen molar-refractivity contribution in [3.8, 4) is 0 Å². The Morgan fingerprint density at radius 2 is 2.06 bits per heavy atom. The van der Waals surface area contributed by atoms with Crippen molar-refractivity contribution in [3.63, 3.8) is 0 Å². The maximum atomic E-state index is 9.00. The highest BCUT2D eigenvalue weighted by Gasteiger charge is 2.11. The second-order valence-corrected chi connectivity index (χ2v) is 3.57. The minimum Gasteiger partial charge on any atom is -0.396 e. The Bertz CT molecular complexity index is 480. The van der Waals surface area contributed by atoms with E-state index in [2.05, 4.69) is 15.0 Å². The molecule has 7 nitrogen and oxygen atoms in total. The van der Waals surface area contributed by atoms with Crippen LogP contribution in [0.2, 0.25) is 0 Å². The fraction of sp³-hybridized carbons (Fsp3) is 0.444. The van der Waals surface area contributed by atoms with Crippen molar-refractivity contribution in [1.29, 1.82) is 0 Å². The molecule has 0 atom stereocenters. The summed E-state index contributed by atoms with van der Waals surface area (Å²) in [6.45, 7) is 0.271. The molecule has 2 heterocycles. The molecule has 7 heteroatoms. The molecular weight excluding hydrogens is 210 g/mol. The number of aromatic nitrogens is 4. The summed E-state index contributed by atoms with van der Waals surface area (Å²) in [4.78, 5) is 12.0. The lowest BCUT2D eigenvalue weighted by molar-refractivity contribution is 0.138. The number of fused-ring (bicyclic) bond motifs is 1. The third-order valence-electron chi connectivity index (χ3n) is 2.35. The van der Waals surface area contributed by atoms with Crippen LogP contribution in [0.1, 0.15) is 0 Å². The second kappa shape index (κ2) is 4.42. The summed E-state index contributed by atoms with van der Waals surface area (Å²) in [7, 11) is 0. The molecule has 0 amide bonds. The SMILES string of the molecule is Nc1ncc2ncn(CC(CO)CO)c2n1. The van der Waals surface area contributed by atoms with Gasteiger partial charge in [0.2, 0.25) is 5.95 Å². The fourth-order valence-corrected chi connectivity index (χ4v) is 1.45. The first-order chi connectivity index (χ1) is 7.74. The molecule has 2 rings (SSSR count). The van der Waals surface area contributed by atoms with Gasteiger partial charge in [0.25, 0.3) is 0 Å². The molecule has 0 bridgehead atoms. The number of rotatable bonds is 4. The molecule has 0 saturated heterocycles. The number of anilines is 1. The lowest BCUT2D eigenvalue weighted by Gasteiger charge is -2.11. The van der Waals surface area contributed by atoms with Crippen LogP contribution in [-0.2, 0) is 6.54 Å². The summed E-state index contributed by atoms with van der Waals surface area (Å²) >= 11 is 0. The van der Waals surface area contributed by atoms with Crippen LogP contribution >= 0.6 is 0 Å². The summed E-state index contributed by atoms with van der Waals surface area (Å²) in [5, 5.41) is 18.0. The number of hydrogen-bond acceptors (Lipinski definition) is 6. The molecule has 0 aliphatic carbocycles. The first-order valence-electron chi connectivity index (χ1n) is 4.89. The molecule has 4 N–H and O–H groups in total. The van der Waals surface area contributed by atoms with Crippen molar-refractivity contribution in [1.82, 2.24) is 19.5 Å². The lowest BCUT2D eigenvalue weighted by atomic mass is 10.2. The van der Waals surface area contributed by atoms with Crippen LogP contribution in [0.25, 0.3) is 11.2 Å². The first kappa shape index (κ1) is 10.8. The van der Waals surface area contributed by atoms with E-state index in [1.165, 1.54) is 0 Å². The van der Waals surface area contributed by atoms with Crippen LogP contribution in [0.5, 0.6) is 0 Å². The van der Waals surface area contributed by atoms with Crippen molar-refractivity contribution in [2.75, 3.05) is 18.9 Å². The third kappa shape index (κ3) is 1.95. The minimum atomic E-state index is -0.228. The number of aliphatic hydroxyl groups is 2. The van der Waals surface area contributed by atoms with E-state index in [1.807, 2.05) is 0 Å². The van der Waals surface area contributed by atoms with Gasteiger partial charge in [-0.2, -0.15) is 4.98 Å². The molecule has 0 spiro atoms. The average molecular weight is 223 g/mol. The molecule has 0 saturated carbocycles. The van der Waals surface area contributed by atoms with Gasteiger partial charge in [0.15, 0.2) is 5.65 Å². The smallest absolute Gasteiger partial charge is 0.222 e. The fourth-order valence-electron chi connectivity index (χ4n) is 1.45. The third-order valence-corrected chi connectivity index (χ3v) is 2.35. The summed E-state index contributed by atoms with van der Waals surface area (Å²) < 4.78 is 1.74. The highest BCUT2D eigenvalue weighted by atomic mass is 16.3. The molecule has 2 aromatic rings. The maximum absolute atomic E-state index is 9.00. The normalized spacial score (nSPS) is 11.4. The average Bonchev–Trinajstić information content (AvgIpc) is 2.68. The van der Waals surface area contributed by atoms with E-state index in [0.717, 1.165) is 0 Å². The quantitative estimate of drug-likeness (QED) is 0.613. The van der Waals surface area contributed by atoms with Gasteiger partial charge in [-0.3, -0.25) is 0 Å². The Balaban J connectivity index is 2.33. The zero-order valence-electron chi connectivity index (χ0n) is 8.61. The number of nitrogens with two attached hydrogens (primary N) is 1. The van der Waals surface area contributed by atoms with Crippen LogP contribution in [0.15, 0.2) is 12.5 Å². The number of imidazole rings is 1. The molecular formula is C9H13N5O2. The number of hydrogen-bond donors (Lipinski definition) is 3. The molecule has 86 valence electrons. The molecule has 0 radical (unpaired) electrons. The van der Waals surface area contributed by atoms with Crippen LogP contribution in [0, 0.1) is 5.92 Å². The van der Waals surface area contributed by atoms with Crippen molar-refractivity contribution < 1.29 is 10.2 Å². The molecule has 0 unspecified atom stereocenters. The van der Waals surface area contributed by atoms with E-state index in [4.69, 9.17) is 15.9 Å². The van der Waals surface area contributed by atoms with Crippen molar-refractivity contribution in [2.45, 2.75) is 6.54 Å². The van der Waals surface area contributed by atoms with Gasteiger partial charge in [0.1, 0.15) is 5.52 Å². The summed E-state index contributed by atoms with van der Waals surface area (Å²) in [5.41, 5.74) is 6.74. The zero-order valence-corrected chi connectivity index (χ0v) is 8.61. The predicted molar refractivity (Wildman–Crippen MR) is 57.4 cm³/mol. The maximum Gasteiger partial charge on any atom is 0.222 e. The largest absolute Gasteiger partial charge is 0.396 e. The van der Waals surface area contributed by atoms with Crippen LogP contribution in [0.3, 0.4) is 0 Å². The molecule has 0 aromatic carbocycles. The van der Waals surface area contributed by atoms with E-state index in [0.29, 0.717) is 17.7 Å². The highest BCUT2D eigenvalue weighted by Crippen LogP contribution is 2.11. The van der Waals surface area contributed by atoms with Crippen molar-refractivity contribution >= 4 is 17.1 Å². The standard InChI is InChI=1S/C9H13N5O2/c10-9-11-1-7-8(13-9)14(5-12-7)2-6(3-15)4-16/h1,5-6,15-16H,2-4H2,(H2,10,11,13). The monoisotopic (exact) mass is 223 g/mol. The van der Waals surface area contributed by atoms with Crippen LogP contribution < -0.4 is 5.73 Å². The van der Waals surface area contributed by atoms with Gasteiger partial charge in [0.05, 0.1) is 12.5 Å². The van der Waals surface area contributed by atoms with E-state index in [1.54, 1.807) is 17.1 Å². The first-order valence-corrected chi connectivity index (χ1v) is 4.89. The van der Waals surface area contributed by atoms with Gasteiger partial charge in [-0.1, -0.05) is 0 Å². The second-order valence-electron chi connectivity index (χ2n) is 3.57. The Kier molecular flexibility index (Phi) is 2.97. The summed E-state index contributed by atoms with van der Waals surface area (Å²) in [5.74, 6) is -0.0487. The molecule has 0 aliphatic rings. The van der Waals surface area contributed by atoms with Crippen molar-refractivity contribution in [2.24, 2.45) is 5.92 Å². The Labute approximate surface area is 91.6 Å². The van der Waals surface area contributed by atoms with Crippen LogP contribution in [0.4, 0.5) is 5.95 Å². The van der Waals surface area contributed by atoms with Gasteiger partial charge >= 0.3 is 0 Å². The predicted octanol–water partition coefficient (Wildman–Crippen LogP) is -0.991. The number of nitrogen functional groups attached to an aromatic ring is 1. The minimum absolute atomic E-state index is 0.0866.